The maximum absolute atomic E-state index is 11.1. The number of carbonyl (C=O) groups excluding carboxylic acids is 1. The molecule has 14 heavy (non-hydrogen) atoms. The van der Waals surface area contributed by atoms with Gasteiger partial charge in [-0.2, -0.15) is 0 Å². The largest absolute Gasteiger partial charge is 0.352 e. The highest BCUT2D eigenvalue weighted by Gasteiger charge is 1.99. The Hall–Kier alpha value is -1.42. The fourth-order valence-electron chi connectivity index (χ4n) is 1.02. The van der Waals surface area contributed by atoms with Gasteiger partial charge in [-0.1, -0.05) is 6.07 Å². The van der Waals surface area contributed by atoms with Crippen molar-refractivity contribution < 1.29 is 4.79 Å². The Morgan fingerprint density at radius 1 is 1.57 bits per heavy atom. The van der Waals surface area contributed by atoms with Crippen molar-refractivity contribution in [2.24, 2.45) is 5.73 Å². The first-order valence-electron chi connectivity index (χ1n) is 4.60. The van der Waals surface area contributed by atoms with Crippen LogP contribution in [0.1, 0.15) is 17.7 Å². The normalized spacial score (nSPS) is 9.86. The lowest BCUT2D eigenvalue weighted by atomic mass is 10.2. The number of aromatic nitrogens is 1. The topological polar surface area (TPSA) is 68.0 Å². The highest BCUT2D eigenvalue weighted by atomic mass is 16.1. The SMILES string of the molecule is Cc1ccc(CNC(=O)CCN)cn1. The molecule has 0 aliphatic heterocycles. The van der Waals surface area contributed by atoms with E-state index >= 15 is 0 Å². The molecular weight excluding hydrogens is 178 g/mol. The van der Waals surface area contributed by atoms with E-state index in [1.54, 1.807) is 6.20 Å². The van der Waals surface area contributed by atoms with E-state index in [0.717, 1.165) is 11.3 Å². The Morgan fingerprint density at radius 3 is 2.93 bits per heavy atom. The standard InChI is InChI=1S/C10H15N3O/c1-8-2-3-9(6-12-8)7-13-10(14)4-5-11/h2-3,6H,4-5,7,11H2,1H3,(H,13,14). The van der Waals surface area contributed by atoms with Gasteiger partial charge in [0.25, 0.3) is 0 Å². The fraction of sp³-hybridized carbons (Fsp3) is 0.400. The summed E-state index contributed by atoms with van der Waals surface area (Å²) in [6.07, 6.45) is 2.14. The molecule has 0 bridgehead atoms. The molecule has 4 nitrogen and oxygen atoms in total. The Morgan fingerprint density at radius 2 is 2.36 bits per heavy atom. The molecule has 0 aliphatic carbocycles. The summed E-state index contributed by atoms with van der Waals surface area (Å²) in [7, 11) is 0. The highest BCUT2D eigenvalue weighted by molar-refractivity contribution is 5.75. The first-order valence-corrected chi connectivity index (χ1v) is 4.60. The number of aryl methyl sites for hydroxylation is 1. The Kier molecular flexibility index (Phi) is 4.07. The average molecular weight is 193 g/mol. The van der Waals surface area contributed by atoms with Crippen molar-refractivity contribution in [2.75, 3.05) is 6.54 Å². The molecule has 0 spiro atoms. The van der Waals surface area contributed by atoms with Crippen LogP contribution >= 0.6 is 0 Å². The summed E-state index contributed by atoms with van der Waals surface area (Å²) >= 11 is 0. The summed E-state index contributed by atoms with van der Waals surface area (Å²) in [5, 5.41) is 2.76. The maximum Gasteiger partial charge on any atom is 0.221 e. The van der Waals surface area contributed by atoms with E-state index in [1.165, 1.54) is 0 Å². The third kappa shape index (κ3) is 3.53. The number of amides is 1. The zero-order valence-electron chi connectivity index (χ0n) is 8.29. The number of rotatable bonds is 4. The minimum absolute atomic E-state index is 0.0203. The van der Waals surface area contributed by atoms with Crippen LogP contribution in [0.25, 0.3) is 0 Å². The number of carbonyl (C=O) groups is 1. The van der Waals surface area contributed by atoms with Crippen LogP contribution in [0, 0.1) is 6.92 Å². The van der Waals surface area contributed by atoms with Gasteiger partial charge in [0, 0.05) is 31.4 Å². The maximum atomic E-state index is 11.1. The van der Waals surface area contributed by atoms with Crippen molar-refractivity contribution in [2.45, 2.75) is 19.9 Å². The van der Waals surface area contributed by atoms with Gasteiger partial charge in [-0.15, -0.1) is 0 Å². The molecule has 0 unspecified atom stereocenters. The third-order valence-corrected chi connectivity index (χ3v) is 1.83. The number of nitrogens with zero attached hydrogens (tertiary/aromatic N) is 1. The molecule has 1 heterocycles. The van der Waals surface area contributed by atoms with Crippen LogP contribution in [0.3, 0.4) is 0 Å². The monoisotopic (exact) mass is 193 g/mol. The van der Waals surface area contributed by atoms with Crippen LogP contribution in [0.15, 0.2) is 18.3 Å². The van der Waals surface area contributed by atoms with Crippen molar-refractivity contribution in [3.05, 3.63) is 29.6 Å². The van der Waals surface area contributed by atoms with Gasteiger partial charge >= 0.3 is 0 Å². The van der Waals surface area contributed by atoms with Crippen LogP contribution in [0.2, 0.25) is 0 Å². The second kappa shape index (κ2) is 5.34. The fourth-order valence-corrected chi connectivity index (χ4v) is 1.02. The third-order valence-electron chi connectivity index (χ3n) is 1.83. The molecule has 0 saturated carbocycles. The van der Waals surface area contributed by atoms with E-state index < -0.39 is 0 Å². The highest BCUT2D eigenvalue weighted by Crippen LogP contribution is 1.98. The van der Waals surface area contributed by atoms with E-state index in [0.29, 0.717) is 19.5 Å². The van der Waals surface area contributed by atoms with Crippen molar-refractivity contribution in [3.63, 3.8) is 0 Å². The predicted molar refractivity (Wildman–Crippen MR) is 54.5 cm³/mol. The molecule has 1 aromatic rings. The van der Waals surface area contributed by atoms with Crippen molar-refractivity contribution in [1.29, 1.82) is 0 Å². The second-order valence-corrected chi connectivity index (χ2v) is 3.12. The molecule has 0 radical (unpaired) electrons. The summed E-state index contributed by atoms with van der Waals surface area (Å²) in [5.74, 6) is -0.0203. The molecule has 4 heteroatoms. The van der Waals surface area contributed by atoms with Gasteiger partial charge in [0.05, 0.1) is 0 Å². The summed E-state index contributed by atoms with van der Waals surface area (Å²) < 4.78 is 0. The van der Waals surface area contributed by atoms with Gasteiger partial charge < -0.3 is 11.1 Å². The number of pyridine rings is 1. The van der Waals surface area contributed by atoms with Crippen LogP contribution in [0.4, 0.5) is 0 Å². The van der Waals surface area contributed by atoms with E-state index in [4.69, 9.17) is 5.73 Å². The molecule has 0 atom stereocenters. The summed E-state index contributed by atoms with van der Waals surface area (Å²) in [6, 6.07) is 3.87. The quantitative estimate of drug-likeness (QED) is 0.725. The summed E-state index contributed by atoms with van der Waals surface area (Å²) in [5.41, 5.74) is 7.22. The number of nitrogens with one attached hydrogen (secondary N) is 1. The second-order valence-electron chi connectivity index (χ2n) is 3.12. The summed E-state index contributed by atoms with van der Waals surface area (Å²) in [6.45, 7) is 2.83. The zero-order valence-corrected chi connectivity index (χ0v) is 8.29. The van der Waals surface area contributed by atoms with Crippen molar-refractivity contribution >= 4 is 5.91 Å². The molecule has 1 rings (SSSR count). The van der Waals surface area contributed by atoms with E-state index in [-0.39, 0.29) is 5.91 Å². The lowest BCUT2D eigenvalue weighted by Crippen LogP contribution is -2.25. The zero-order chi connectivity index (χ0) is 10.4. The number of hydrogen-bond acceptors (Lipinski definition) is 3. The molecule has 1 aromatic heterocycles. The van der Waals surface area contributed by atoms with Gasteiger partial charge in [-0.25, -0.2) is 0 Å². The van der Waals surface area contributed by atoms with E-state index in [2.05, 4.69) is 10.3 Å². The predicted octanol–water partition coefficient (Wildman–Crippen LogP) is 0.355. The van der Waals surface area contributed by atoms with Crippen molar-refractivity contribution in [3.8, 4) is 0 Å². The van der Waals surface area contributed by atoms with Crippen LogP contribution in [0.5, 0.6) is 0 Å². The molecule has 0 aromatic carbocycles. The minimum atomic E-state index is -0.0203. The molecule has 3 N–H and O–H groups in total. The summed E-state index contributed by atoms with van der Waals surface area (Å²) in [4.78, 5) is 15.2. The lowest BCUT2D eigenvalue weighted by Gasteiger charge is -2.03. The van der Waals surface area contributed by atoms with Gasteiger partial charge in [-0.05, 0) is 18.6 Å². The van der Waals surface area contributed by atoms with Gasteiger partial charge in [0.2, 0.25) is 5.91 Å². The first kappa shape index (κ1) is 10.7. The van der Waals surface area contributed by atoms with E-state index in [1.807, 2.05) is 19.1 Å². The van der Waals surface area contributed by atoms with Crippen LogP contribution < -0.4 is 11.1 Å². The Bertz CT molecular complexity index is 295. The number of nitrogens with two attached hydrogens (primary N) is 1. The van der Waals surface area contributed by atoms with Crippen LogP contribution in [-0.4, -0.2) is 17.4 Å². The molecular formula is C10H15N3O. The van der Waals surface area contributed by atoms with Gasteiger partial charge in [-0.3, -0.25) is 9.78 Å². The van der Waals surface area contributed by atoms with Crippen LogP contribution in [-0.2, 0) is 11.3 Å². The molecule has 1 amide bonds. The molecule has 0 fully saturated rings. The van der Waals surface area contributed by atoms with Crippen molar-refractivity contribution in [1.82, 2.24) is 10.3 Å². The molecule has 0 aliphatic rings. The number of hydrogen-bond donors (Lipinski definition) is 2. The Labute approximate surface area is 83.5 Å². The first-order chi connectivity index (χ1) is 6.72. The molecule has 0 saturated heterocycles. The lowest BCUT2D eigenvalue weighted by molar-refractivity contribution is -0.121. The van der Waals surface area contributed by atoms with E-state index in [9.17, 15) is 4.79 Å². The van der Waals surface area contributed by atoms with Gasteiger partial charge in [0.15, 0.2) is 0 Å². The Balaban J connectivity index is 2.38. The smallest absolute Gasteiger partial charge is 0.221 e. The average Bonchev–Trinajstić information content (AvgIpc) is 2.17. The van der Waals surface area contributed by atoms with Gasteiger partial charge in [0.1, 0.15) is 0 Å². The minimum Gasteiger partial charge on any atom is -0.352 e. The molecule has 76 valence electrons.